The third-order valence-corrected chi connectivity index (χ3v) is 19.8. The number of phenols is 3. The number of halogens is 1. The van der Waals surface area contributed by atoms with Crippen LogP contribution in [0.15, 0.2) is 58.3 Å². The highest BCUT2D eigenvalue weighted by molar-refractivity contribution is 6.24. The lowest BCUT2D eigenvalue weighted by molar-refractivity contribution is -0.160. The van der Waals surface area contributed by atoms with Gasteiger partial charge in [-0.05, 0) is 108 Å². The zero-order chi connectivity index (χ0) is 63.0. The number of ketones is 1. The topological polar surface area (TPSA) is 282 Å². The highest BCUT2D eigenvalue weighted by Gasteiger charge is 2.56. The molecule has 2 aromatic carbocycles. The number of aromatic carboxylic acids is 1. The summed E-state index contributed by atoms with van der Waals surface area (Å²) in [6, 6.07) is 1.62. The SMILES string of the molecule is CO[C@H]1C=CO[C@@]2(C)Oc3c(C)c(O)c4c(O)c(c(C=NN5CCC(N(C)C6([C@H]7CCN(c8c(F)cn9c(=O)c(C(=O)O)cc(C%10CC%10)c9c8C)C7)CC6)CC5)c(O)c4c3C2=O)NC(=O)C(C)=CC=C[C@H](C)[C@H](O)[C@@H](C)[C@@H](O)[C@@H](C)[C@H](OC(C)=O)[C@@H]1C. The van der Waals surface area contributed by atoms with Gasteiger partial charge in [-0.3, -0.25) is 33.5 Å². The zero-order valence-corrected chi connectivity index (χ0v) is 51.2. The van der Waals surface area contributed by atoms with Crippen LogP contribution < -0.4 is 20.5 Å². The summed E-state index contributed by atoms with van der Waals surface area (Å²) in [6.07, 6.45) is 11.7. The molecule has 0 spiro atoms. The average Bonchev–Trinajstić information content (AvgIpc) is 1.69. The standard InChI is InChI=1S/C65H81FN6O15/c1-31-13-12-14-32(2)61(80)68-50-44(56(77)47-48(57(50)78)55(76)37(7)59-49(47)60(79)64(9,87-59)85-26-20-46(84-11)33(3)58(86-38(8)73)36(6)54(75)35(5)53(31)74)28-67-71-24-18-41(19-25-71)69(10)65(21-22-65)40-17-23-70(29-40)52-34(4)51-42(39-15-16-39)27-43(63(82)83)62(81)72(51)30-45(52)66/h12-14,20,26-28,30-31,33,35-36,39-41,46,53-54,58,74-78H,15-19,21-25,29H2,1-11H3,(H,68,80)(H,82,83)/t31-,33+,35+,36+,40-,46-,53-,54+,58+,64-/m0/s1. The van der Waals surface area contributed by atoms with Crippen LogP contribution in [0.1, 0.15) is 142 Å². The van der Waals surface area contributed by atoms with Crippen molar-refractivity contribution < 1.29 is 73.2 Å². The molecule has 87 heavy (non-hydrogen) atoms. The first-order valence-corrected chi connectivity index (χ1v) is 30.1. The summed E-state index contributed by atoms with van der Waals surface area (Å²) in [6.45, 7) is 16.5. The molecule has 5 bridgehead atoms. The lowest BCUT2D eigenvalue weighted by atomic mass is 9.78. The number of carbonyl (C=O) groups excluding carboxylic acids is 3. The number of benzene rings is 2. The number of aromatic nitrogens is 1. The van der Waals surface area contributed by atoms with Gasteiger partial charge in [0.25, 0.3) is 17.2 Å². The molecule has 7 N–H and O–H groups in total. The highest BCUT2D eigenvalue weighted by atomic mass is 19.1. The number of aliphatic hydroxyl groups excluding tert-OH is 2. The summed E-state index contributed by atoms with van der Waals surface area (Å²) in [7, 11) is 3.58. The second kappa shape index (κ2) is 23.9. The van der Waals surface area contributed by atoms with Crippen molar-refractivity contribution in [2.75, 3.05) is 50.6 Å². The number of methoxy groups -OCH3 is 1. The predicted molar refractivity (Wildman–Crippen MR) is 323 cm³/mol. The van der Waals surface area contributed by atoms with Gasteiger partial charge >= 0.3 is 17.7 Å². The van der Waals surface area contributed by atoms with Gasteiger partial charge in [0.05, 0.1) is 70.4 Å². The molecule has 22 heteroatoms. The minimum atomic E-state index is -2.11. The number of nitrogens with one attached hydrogen (secondary N) is 1. The van der Waals surface area contributed by atoms with E-state index in [1.165, 1.54) is 69.9 Å². The molecule has 0 radical (unpaired) electrons. The largest absolute Gasteiger partial charge is 0.507 e. The molecular weight excluding hydrogens is 1120 g/mol. The quantitative estimate of drug-likeness (QED) is 0.0341. The van der Waals surface area contributed by atoms with Crippen molar-refractivity contribution in [3.8, 4) is 23.0 Å². The lowest BCUT2D eigenvalue weighted by Crippen LogP contribution is -2.50. The van der Waals surface area contributed by atoms with Gasteiger partial charge in [0.1, 0.15) is 28.9 Å². The molecule has 2 saturated carbocycles. The molecule has 4 fully saturated rings. The number of carbonyl (C=O) groups is 4. The fraction of sp³-hybridized carbons (Fsp3) is 0.538. The Morgan fingerprint density at radius 3 is 2.22 bits per heavy atom. The smallest absolute Gasteiger partial charge is 0.341 e. The molecule has 11 rings (SSSR count). The number of Topliss-reactive ketones (excluding diaryl/α,β-unsaturated/α-hetero) is 1. The number of ether oxygens (including phenoxy) is 4. The van der Waals surface area contributed by atoms with E-state index in [0.29, 0.717) is 55.8 Å². The van der Waals surface area contributed by atoms with E-state index in [-0.39, 0.29) is 73.5 Å². The number of hydrogen-bond donors (Lipinski definition) is 7. The maximum atomic E-state index is 16.3. The average molecular weight is 1210 g/mol. The molecule has 1 amide bonds. The van der Waals surface area contributed by atoms with Crippen molar-refractivity contribution >= 4 is 57.5 Å². The molecule has 2 saturated heterocycles. The van der Waals surface area contributed by atoms with Crippen molar-refractivity contribution in [1.29, 1.82) is 0 Å². The van der Waals surface area contributed by atoms with Crippen LogP contribution in [0.4, 0.5) is 15.8 Å². The molecule has 0 unspecified atom stereocenters. The van der Waals surface area contributed by atoms with E-state index < -0.39 is 106 Å². The molecular formula is C65H81FN6O15. The lowest BCUT2D eigenvalue weighted by Gasteiger charge is -2.42. The molecule has 2 aromatic heterocycles. The van der Waals surface area contributed by atoms with Crippen molar-refractivity contribution in [2.45, 2.75) is 155 Å². The summed E-state index contributed by atoms with van der Waals surface area (Å²) < 4.78 is 41.4. The number of fused-ring (bicyclic) bond motifs is 15. The summed E-state index contributed by atoms with van der Waals surface area (Å²) in [5.41, 5.74) is 0.593. The summed E-state index contributed by atoms with van der Waals surface area (Å²) in [5, 5.41) is 78.5. The Morgan fingerprint density at radius 1 is 0.897 bits per heavy atom. The van der Waals surface area contributed by atoms with Crippen LogP contribution in [0.25, 0.3) is 16.3 Å². The number of pyridine rings is 2. The maximum Gasteiger partial charge on any atom is 0.341 e. The number of nitrogens with zero attached hydrogens (tertiary/aromatic N) is 5. The predicted octanol–water partition coefficient (Wildman–Crippen LogP) is 8.18. The minimum absolute atomic E-state index is 0.0215. The van der Waals surface area contributed by atoms with Gasteiger partial charge < -0.3 is 59.8 Å². The van der Waals surface area contributed by atoms with Gasteiger partial charge in [-0.1, -0.05) is 45.9 Å². The number of anilines is 2. The molecule has 10 atom stereocenters. The number of carboxylic acid groups (broad SMARTS) is 1. The van der Waals surface area contributed by atoms with Crippen molar-refractivity contribution in [3.05, 3.63) is 98.0 Å². The van der Waals surface area contributed by atoms with Crippen LogP contribution in [-0.4, -0.2) is 157 Å². The number of carboxylic acids is 1. The first-order valence-electron chi connectivity index (χ1n) is 30.1. The number of allylic oxidation sites excluding steroid dienone is 2. The van der Waals surface area contributed by atoms with Gasteiger partial charge in [0.2, 0.25) is 0 Å². The van der Waals surface area contributed by atoms with Crippen LogP contribution in [0.2, 0.25) is 0 Å². The Bertz CT molecular complexity index is 3640. The van der Waals surface area contributed by atoms with Crippen LogP contribution in [-0.2, 0) is 23.8 Å². The number of esters is 1. The van der Waals surface area contributed by atoms with Gasteiger partial charge in [0, 0.05) is 98.9 Å². The Balaban J connectivity index is 0.932. The zero-order valence-electron chi connectivity index (χ0n) is 51.2. The van der Waals surface area contributed by atoms with Crippen LogP contribution in [0, 0.1) is 49.3 Å². The highest BCUT2D eigenvalue weighted by Crippen LogP contribution is 2.56. The number of aromatic hydroxyl groups is 3. The molecule has 468 valence electrons. The Morgan fingerprint density at radius 2 is 1.59 bits per heavy atom. The number of rotatable bonds is 10. The van der Waals surface area contributed by atoms with Gasteiger partial charge in [-0.15, -0.1) is 0 Å². The van der Waals surface area contributed by atoms with Crippen molar-refractivity contribution in [1.82, 2.24) is 14.3 Å². The van der Waals surface area contributed by atoms with Crippen molar-refractivity contribution in [2.24, 2.45) is 34.7 Å². The van der Waals surface area contributed by atoms with Gasteiger partial charge in [-0.2, -0.15) is 5.10 Å². The summed E-state index contributed by atoms with van der Waals surface area (Å²) in [4.78, 5) is 71.4. The normalized spacial score (nSPS) is 28.2. The Kier molecular flexibility index (Phi) is 17.2. The Labute approximate surface area is 504 Å². The molecule has 2 aliphatic carbocycles. The Hall–Kier alpha value is -7.53. The van der Waals surface area contributed by atoms with Gasteiger partial charge in [0.15, 0.2) is 11.6 Å². The maximum absolute atomic E-state index is 16.3. The van der Waals surface area contributed by atoms with E-state index >= 15 is 4.39 Å². The first-order chi connectivity index (χ1) is 41.2. The third-order valence-electron chi connectivity index (χ3n) is 19.8. The molecule has 7 heterocycles. The van der Waals surface area contributed by atoms with Gasteiger partial charge in [-0.25, -0.2) is 9.18 Å². The second-order valence-electron chi connectivity index (χ2n) is 25.3. The number of aryl methyl sites for hydroxylation is 1. The van der Waals surface area contributed by atoms with E-state index in [9.17, 15) is 54.6 Å². The summed E-state index contributed by atoms with van der Waals surface area (Å²) in [5.74, 6) is -10.4. The minimum Gasteiger partial charge on any atom is -0.507 e. The fourth-order valence-corrected chi connectivity index (χ4v) is 14.2. The van der Waals surface area contributed by atoms with E-state index in [0.717, 1.165) is 43.9 Å². The molecule has 7 aliphatic rings. The van der Waals surface area contributed by atoms with Crippen molar-refractivity contribution in [3.63, 3.8) is 0 Å². The number of aliphatic hydroxyl groups is 2. The number of hydrogen-bond acceptors (Lipinski definition) is 18. The molecule has 21 nitrogen and oxygen atoms in total. The number of hydrazone groups is 1. The van der Waals surface area contributed by atoms with Crippen LogP contribution in [0.5, 0.6) is 23.0 Å². The number of piperidine rings is 1. The molecule has 5 aliphatic heterocycles. The monoisotopic (exact) mass is 1200 g/mol. The van der Waals surface area contributed by atoms with Crippen LogP contribution >= 0.6 is 0 Å². The first kappa shape index (κ1) is 62.5. The van der Waals surface area contributed by atoms with E-state index in [2.05, 4.69) is 22.2 Å². The fourth-order valence-electron chi connectivity index (χ4n) is 14.2. The third kappa shape index (κ3) is 11.2. The summed E-state index contributed by atoms with van der Waals surface area (Å²) >= 11 is 0. The second-order valence-corrected chi connectivity index (χ2v) is 25.3. The number of phenolic OH excluding ortho intramolecular Hbond substituents is 3. The van der Waals surface area contributed by atoms with E-state index in [1.807, 2.05) is 11.9 Å². The van der Waals surface area contributed by atoms with E-state index in [1.54, 1.807) is 39.8 Å². The van der Waals surface area contributed by atoms with E-state index in [4.69, 9.17) is 24.0 Å². The van der Waals surface area contributed by atoms with Crippen LogP contribution in [0.3, 0.4) is 0 Å². The number of amides is 1. The molecule has 4 aromatic rings.